The highest BCUT2D eigenvalue weighted by atomic mass is 15.0. The number of nitrogens with one attached hydrogen (secondary N) is 2. The average molecular weight is 163 g/mol. The van der Waals surface area contributed by atoms with E-state index in [9.17, 15) is 0 Å². The molecule has 2 rings (SSSR count). The number of anilines is 1. The highest BCUT2D eigenvalue weighted by Crippen LogP contribution is 2.05. The van der Waals surface area contributed by atoms with Gasteiger partial charge in [-0.05, 0) is 12.1 Å². The van der Waals surface area contributed by atoms with Gasteiger partial charge in [0.1, 0.15) is 5.82 Å². The van der Waals surface area contributed by atoms with Crippen LogP contribution in [0.15, 0.2) is 24.4 Å². The van der Waals surface area contributed by atoms with Crippen LogP contribution in [-0.4, -0.2) is 24.6 Å². The molecule has 0 amide bonds. The second kappa shape index (κ2) is 3.54. The predicted molar refractivity (Wildman–Crippen MR) is 49.1 cm³/mol. The van der Waals surface area contributed by atoms with Crippen molar-refractivity contribution in [3.8, 4) is 0 Å². The molecule has 0 saturated carbocycles. The van der Waals surface area contributed by atoms with E-state index in [1.807, 2.05) is 18.2 Å². The summed E-state index contributed by atoms with van der Waals surface area (Å²) in [6.45, 7) is 3.31. The number of rotatable bonds is 3. The van der Waals surface area contributed by atoms with Gasteiger partial charge in [-0.25, -0.2) is 4.98 Å². The minimum absolute atomic E-state index is 0.784. The number of pyridine rings is 1. The molecular formula is C9H13N3. The second-order valence-corrected chi connectivity index (χ2v) is 3.12. The van der Waals surface area contributed by atoms with Crippen LogP contribution in [-0.2, 0) is 0 Å². The van der Waals surface area contributed by atoms with Gasteiger partial charge < -0.3 is 10.6 Å². The van der Waals surface area contributed by atoms with Crippen LogP contribution in [0.5, 0.6) is 0 Å². The Labute approximate surface area is 72.2 Å². The van der Waals surface area contributed by atoms with Crippen LogP contribution in [0, 0.1) is 5.92 Å². The first-order valence-corrected chi connectivity index (χ1v) is 4.31. The Hall–Kier alpha value is -1.09. The molecule has 2 heterocycles. The molecule has 0 unspecified atom stereocenters. The van der Waals surface area contributed by atoms with Crippen molar-refractivity contribution in [2.75, 3.05) is 25.0 Å². The van der Waals surface area contributed by atoms with Gasteiger partial charge in [0, 0.05) is 31.7 Å². The molecule has 1 aliphatic heterocycles. The number of aromatic nitrogens is 1. The van der Waals surface area contributed by atoms with Crippen molar-refractivity contribution in [2.24, 2.45) is 5.92 Å². The van der Waals surface area contributed by atoms with Gasteiger partial charge in [-0.1, -0.05) is 6.07 Å². The SMILES string of the molecule is c1ccc(NCC2CNC2)nc1. The van der Waals surface area contributed by atoms with Gasteiger partial charge in [-0.2, -0.15) is 0 Å². The van der Waals surface area contributed by atoms with E-state index in [0.717, 1.165) is 31.4 Å². The molecule has 12 heavy (non-hydrogen) atoms. The fourth-order valence-electron chi connectivity index (χ4n) is 1.21. The lowest BCUT2D eigenvalue weighted by Gasteiger charge is -2.27. The van der Waals surface area contributed by atoms with E-state index in [4.69, 9.17) is 0 Å². The quantitative estimate of drug-likeness (QED) is 0.689. The van der Waals surface area contributed by atoms with E-state index >= 15 is 0 Å². The van der Waals surface area contributed by atoms with E-state index in [1.165, 1.54) is 0 Å². The van der Waals surface area contributed by atoms with Crippen LogP contribution in [0.4, 0.5) is 5.82 Å². The fraction of sp³-hybridized carbons (Fsp3) is 0.444. The van der Waals surface area contributed by atoms with Gasteiger partial charge in [0.05, 0.1) is 0 Å². The first-order valence-electron chi connectivity index (χ1n) is 4.31. The largest absolute Gasteiger partial charge is 0.370 e. The molecule has 1 saturated heterocycles. The van der Waals surface area contributed by atoms with Crippen molar-refractivity contribution < 1.29 is 0 Å². The molecule has 1 aromatic heterocycles. The maximum absolute atomic E-state index is 4.18. The highest BCUT2D eigenvalue weighted by Gasteiger charge is 2.15. The summed E-state index contributed by atoms with van der Waals surface area (Å²) in [4.78, 5) is 4.18. The molecule has 0 bridgehead atoms. The Morgan fingerprint density at radius 3 is 3.00 bits per heavy atom. The molecule has 0 aromatic carbocycles. The Morgan fingerprint density at radius 2 is 2.42 bits per heavy atom. The summed E-state index contributed by atoms with van der Waals surface area (Å²) in [6.07, 6.45) is 1.81. The van der Waals surface area contributed by atoms with Crippen molar-refractivity contribution >= 4 is 5.82 Å². The fourth-order valence-corrected chi connectivity index (χ4v) is 1.21. The third-order valence-corrected chi connectivity index (χ3v) is 2.10. The molecule has 3 nitrogen and oxygen atoms in total. The first kappa shape index (κ1) is 7.55. The van der Waals surface area contributed by atoms with Crippen LogP contribution in [0.1, 0.15) is 0 Å². The highest BCUT2D eigenvalue weighted by molar-refractivity contribution is 5.33. The maximum Gasteiger partial charge on any atom is 0.125 e. The number of nitrogens with zero attached hydrogens (tertiary/aromatic N) is 1. The molecule has 0 spiro atoms. The summed E-state index contributed by atoms with van der Waals surface area (Å²) in [5, 5.41) is 6.53. The second-order valence-electron chi connectivity index (χ2n) is 3.12. The molecule has 1 fully saturated rings. The van der Waals surface area contributed by atoms with Gasteiger partial charge in [-0.15, -0.1) is 0 Å². The molecule has 64 valence electrons. The smallest absolute Gasteiger partial charge is 0.125 e. The lowest BCUT2D eigenvalue weighted by Crippen LogP contribution is -2.45. The van der Waals surface area contributed by atoms with E-state index < -0.39 is 0 Å². The predicted octanol–water partition coefficient (Wildman–Crippen LogP) is 0.713. The van der Waals surface area contributed by atoms with E-state index in [1.54, 1.807) is 6.20 Å². The molecule has 0 aliphatic carbocycles. The Morgan fingerprint density at radius 1 is 1.50 bits per heavy atom. The van der Waals surface area contributed by atoms with Crippen molar-refractivity contribution in [2.45, 2.75) is 0 Å². The van der Waals surface area contributed by atoms with Gasteiger partial charge >= 0.3 is 0 Å². The minimum Gasteiger partial charge on any atom is -0.370 e. The van der Waals surface area contributed by atoms with Crippen molar-refractivity contribution in [1.82, 2.24) is 10.3 Å². The average Bonchev–Trinajstić information content (AvgIpc) is 2.04. The molecule has 1 aliphatic rings. The molecule has 2 N–H and O–H groups in total. The first-order chi connectivity index (χ1) is 5.95. The van der Waals surface area contributed by atoms with Crippen LogP contribution >= 0.6 is 0 Å². The molecular weight excluding hydrogens is 150 g/mol. The Kier molecular flexibility index (Phi) is 2.23. The standard InChI is InChI=1S/C9H13N3/c1-2-4-11-9(3-1)12-7-8-5-10-6-8/h1-4,8,10H,5-7H2,(H,11,12). The maximum atomic E-state index is 4.18. The van der Waals surface area contributed by atoms with E-state index in [-0.39, 0.29) is 0 Å². The summed E-state index contributed by atoms with van der Waals surface area (Å²) < 4.78 is 0. The normalized spacial score (nSPS) is 17.0. The zero-order valence-electron chi connectivity index (χ0n) is 6.96. The lowest BCUT2D eigenvalue weighted by atomic mass is 10.0. The molecule has 0 atom stereocenters. The topological polar surface area (TPSA) is 37.0 Å². The van der Waals surface area contributed by atoms with Crippen molar-refractivity contribution in [3.05, 3.63) is 24.4 Å². The Bertz CT molecular complexity index is 231. The van der Waals surface area contributed by atoms with E-state index in [2.05, 4.69) is 15.6 Å². The van der Waals surface area contributed by atoms with Crippen LogP contribution < -0.4 is 10.6 Å². The number of hydrogen-bond acceptors (Lipinski definition) is 3. The summed E-state index contributed by atoms with van der Waals surface area (Å²) >= 11 is 0. The third-order valence-electron chi connectivity index (χ3n) is 2.10. The van der Waals surface area contributed by atoms with Crippen molar-refractivity contribution in [3.63, 3.8) is 0 Å². The molecule has 3 heteroatoms. The monoisotopic (exact) mass is 163 g/mol. The van der Waals surface area contributed by atoms with Crippen LogP contribution in [0.25, 0.3) is 0 Å². The zero-order valence-corrected chi connectivity index (χ0v) is 6.96. The lowest BCUT2D eigenvalue weighted by molar-refractivity contribution is 0.365. The number of hydrogen-bond donors (Lipinski definition) is 2. The summed E-state index contributed by atoms with van der Waals surface area (Å²) in [7, 11) is 0. The molecule has 0 radical (unpaired) electrons. The minimum atomic E-state index is 0.784. The van der Waals surface area contributed by atoms with Gasteiger partial charge in [0.2, 0.25) is 0 Å². The van der Waals surface area contributed by atoms with Gasteiger partial charge in [0.25, 0.3) is 0 Å². The van der Waals surface area contributed by atoms with Gasteiger partial charge in [-0.3, -0.25) is 0 Å². The molecule has 1 aromatic rings. The zero-order chi connectivity index (χ0) is 8.23. The van der Waals surface area contributed by atoms with E-state index in [0.29, 0.717) is 0 Å². The summed E-state index contributed by atoms with van der Waals surface area (Å²) in [5.41, 5.74) is 0. The van der Waals surface area contributed by atoms with Gasteiger partial charge in [0.15, 0.2) is 0 Å². The van der Waals surface area contributed by atoms with Crippen LogP contribution in [0.3, 0.4) is 0 Å². The summed E-state index contributed by atoms with van der Waals surface area (Å²) in [5.74, 6) is 1.76. The summed E-state index contributed by atoms with van der Waals surface area (Å²) in [6, 6.07) is 5.91. The van der Waals surface area contributed by atoms with Crippen LogP contribution in [0.2, 0.25) is 0 Å². The van der Waals surface area contributed by atoms with Crippen molar-refractivity contribution in [1.29, 1.82) is 0 Å². The Balaban J connectivity index is 1.79. The third kappa shape index (κ3) is 1.74.